The first kappa shape index (κ1) is 20.2. The van der Waals surface area contributed by atoms with Crippen LogP contribution >= 0.6 is 0 Å². The van der Waals surface area contributed by atoms with Crippen molar-refractivity contribution in [3.63, 3.8) is 0 Å². The van der Waals surface area contributed by atoms with Crippen LogP contribution in [0.3, 0.4) is 0 Å². The van der Waals surface area contributed by atoms with Crippen LogP contribution in [0.15, 0.2) is 17.0 Å². The highest BCUT2D eigenvalue weighted by molar-refractivity contribution is 7.86. The van der Waals surface area contributed by atoms with Crippen LogP contribution in [0.5, 0.6) is 0 Å². The monoisotopic (exact) mass is 434 g/mol. The van der Waals surface area contributed by atoms with E-state index in [9.17, 15) is 40.3 Å². The molecule has 3 rings (SSSR count). The number of carbonyl (C=O) groups is 3. The van der Waals surface area contributed by atoms with E-state index in [1.807, 2.05) is 5.43 Å². The van der Waals surface area contributed by atoms with Crippen molar-refractivity contribution < 1.29 is 40.3 Å². The van der Waals surface area contributed by atoms with Crippen molar-refractivity contribution in [2.75, 3.05) is 0 Å². The maximum absolute atomic E-state index is 12.7. The Morgan fingerprint density at radius 1 is 1.18 bits per heavy atom. The maximum Gasteiger partial charge on any atom is 0.348 e. The second-order valence-corrected chi connectivity index (χ2v) is 9.33. The van der Waals surface area contributed by atoms with Gasteiger partial charge in [0.1, 0.15) is 0 Å². The number of benzene rings is 1. The zero-order chi connectivity index (χ0) is 21.0. The van der Waals surface area contributed by atoms with Crippen molar-refractivity contribution >= 4 is 38.1 Å². The molecular weight excluding hydrogens is 420 g/mol. The molecule has 1 aromatic rings. The zero-order valence-corrected chi connectivity index (χ0v) is 15.4. The minimum Gasteiger partial charge on any atom is -0.285 e. The van der Waals surface area contributed by atoms with E-state index in [0.717, 1.165) is 12.1 Å². The number of nitrogens with zero attached hydrogens (tertiary/aromatic N) is 1. The fraction of sp³-hybridized carbons (Fsp3) is 0.308. The first-order valence-electron chi connectivity index (χ1n) is 7.60. The molecular formula is C13H14N4O9S2. The molecule has 1 aliphatic heterocycles. The molecule has 0 fully saturated rings. The molecule has 15 heteroatoms. The molecule has 13 nitrogen and oxygen atoms in total. The first-order valence-corrected chi connectivity index (χ1v) is 10.5. The van der Waals surface area contributed by atoms with E-state index in [0.29, 0.717) is 0 Å². The largest absolute Gasteiger partial charge is 0.348 e. The van der Waals surface area contributed by atoms with Crippen molar-refractivity contribution in [3.05, 3.63) is 28.8 Å². The van der Waals surface area contributed by atoms with E-state index < -0.39 is 60.6 Å². The second-order valence-electron chi connectivity index (χ2n) is 6.21. The van der Waals surface area contributed by atoms with Crippen molar-refractivity contribution in [2.45, 2.75) is 28.9 Å². The van der Waals surface area contributed by atoms with Crippen LogP contribution in [0.25, 0.3) is 0 Å². The number of nitrogens with two attached hydrogens (primary N) is 1. The lowest BCUT2D eigenvalue weighted by atomic mass is 9.77. The summed E-state index contributed by atoms with van der Waals surface area (Å²) in [4.78, 5) is 36.1. The average molecular weight is 434 g/mol. The Kier molecular flexibility index (Phi) is 4.67. The van der Waals surface area contributed by atoms with Crippen LogP contribution in [0.1, 0.15) is 33.8 Å². The number of urea groups is 1. The lowest BCUT2D eigenvalue weighted by Crippen LogP contribution is -2.58. The maximum atomic E-state index is 12.7. The van der Waals surface area contributed by atoms with Gasteiger partial charge in [0.2, 0.25) is 0 Å². The topological polar surface area (TPSA) is 213 Å². The molecule has 0 bridgehead atoms. The Balaban J connectivity index is 2.24. The van der Waals surface area contributed by atoms with Gasteiger partial charge in [0.05, 0.1) is 16.1 Å². The Morgan fingerprint density at radius 2 is 1.82 bits per heavy atom. The molecule has 2 atom stereocenters. The average Bonchev–Trinajstić information content (AvgIpc) is 2.60. The van der Waals surface area contributed by atoms with Gasteiger partial charge < -0.3 is 0 Å². The van der Waals surface area contributed by atoms with Crippen LogP contribution in [-0.2, 0) is 31.5 Å². The quantitative estimate of drug-likeness (QED) is 0.119. The Hall–Kier alpha value is -2.59. The van der Waals surface area contributed by atoms with Gasteiger partial charge in [0, 0.05) is 5.56 Å². The summed E-state index contributed by atoms with van der Waals surface area (Å²) in [6.07, 6.45) is -0.781. The first-order chi connectivity index (χ1) is 12.8. The lowest BCUT2D eigenvalue weighted by Gasteiger charge is -2.37. The summed E-state index contributed by atoms with van der Waals surface area (Å²) < 4.78 is 65.0. The van der Waals surface area contributed by atoms with Gasteiger partial charge in [-0.3, -0.25) is 24.1 Å². The zero-order valence-electron chi connectivity index (χ0n) is 13.8. The van der Waals surface area contributed by atoms with Crippen LogP contribution in [-0.4, -0.2) is 54.0 Å². The molecule has 2 aliphatic rings. The van der Waals surface area contributed by atoms with Gasteiger partial charge in [-0.25, -0.2) is 16.1 Å². The van der Waals surface area contributed by atoms with E-state index in [1.165, 1.54) is 0 Å². The summed E-state index contributed by atoms with van der Waals surface area (Å²) in [6, 6.07) is 0.617. The molecule has 0 spiro atoms. The number of hydrazine groups is 2. The molecule has 28 heavy (non-hydrogen) atoms. The number of imide groups is 1. The SMILES string of the molecule is NNC(=O)NN1C(=O)c2cc(S(=O)(=O)O)cc3c2C(CC(S(=O)(=O)O)C3)C1=O. The minimum atomic E-state index is -4.78. The molecule has 1 heterocycles. The number of amides is 4. The summed E-state index contributed by atoms with van der Waals surface area (Å²) in [5.74, 6) is 1.54. The Morgan fingerprint density at radius 3 is 2.36 bits per heavy atom. The normalized spacial score (nSPS) is 21.9. The van der Waals surface area contributed by atoms with Crippen LogP contribution in [0, 0.1) is 0 Å². The van der Waals surface area contributed by atoms with E-state index in [2.05, 4.69) is 0 Å². The van der Waals surface area contributed by atoms with Gasteiger partial charge in [0.15, 0.2) is 0 Å². The highest BCUT2D eigenvalue weighted by atomic mass is 32.2. The summed E-state index contributed by atoms with van der Waals surface area (Å²) >= 11 is 0. The Bertz CT molecular complexity index is 1110. The molecule has 0 radical (unpaired) electrons. The van der Waals surface area contributed by atoms with Gasteiger partial charge in [-0.2, -0.15) is 21.8 Å². The van der Waals surface area contributed by atoms with Gasteiger partial charge in [-0.15, -0.1) is 0 Å². The third-order valence-corrected chi connectivity index (χ3v) is 6.58. The molecule has 0 aromatic heterocycles. The van der Waals surface area contributed by atoms with Gasteiger partial charge in [-0.05, 0) is 36.1 Å². The fourth-order valence-corrected chi connectivity index (χ4v) is 4.75. The van der Waals surface area contributed by atoms with Gasteiger partial charge in [0.25, 0.3) is 32.1 Å². The predicted octanol–water partition coefficient (Wildman–Crippen LogP) is -1.71. The molecule has 1 aliphatic carbocycles. The Labute approximate surface area is 158 Å². The van der Waals surface area contributed by atoms with Crippen molar-refractivity contribution in [3.8, 4) is 0 Å². The highest BCUT2D eigenvalue weighted by Crippen LogP contribution is 2.42. The minimum absolute atomic E-state index is 0.00590. The number of carbonyl (C=O) groups excluding carboxylic acids is 3. The molecule has 1 aromatic carbocycles. The second kappa shape index (κ2) is 6.49. The number of hydrogen-bond donors (Lipinski definition) is 5. The number of rotatable bonds is 3. The van der Waals surface area contributed by atoms with Crippen LogP contribution < -0.4 is 16.7 Å². The predicted molar refractivity (Wildman–Crippen MR) is 89.7 cm³/mol. The molecule has 152 valence electrons. The summed E-state index contributed by atoms with van der Waals surface area (Å²) in [7, 11) is -9.40. The van der Waals surface area contributed by atoms with Gasteiger partial charge in [-0.1, -0.05) is 0 Å². The smallest absolute Gasteiger partial charge is 0.285 e. The third kappa shape index (κ3) is 3.33. The van der Waals surface area contributed by atoms with E-state index in [4.69, 9.17) is 5.84 Å². The van der Waals surface area contributed by atoms with Crippen molar-refractivity contribution in [2.24, 2.45) is 5.84 Å². The van der Waals surface area contributed by atoms with E-state index >= 15 is 0 Å². The van der Waals surface area contributed by atoms with Crippen LogP contribution in [0.2, 0.25) is 0 Å². The summed E-state index contributed by atoms with van der Waals surface area (Å²) in [6.45, 7) is 0. The summed E-state index contributed by atoms with van der Waals surface area (Å²) in [5, 5.41) is -1.20. The number of hydrogen-bond acceptors (Lipinski definition) is 8. The van der Waals surface area contributed by atoms with Gasteiger partial charge >= 0.3 is 6.03 Å². The molecule has 0 saturated carbocycles. The summed E-state index contributed by atoms with van der Waals surface area (Å²) in [5.41, 5.74) is 3.25. The number of nitrogens with one attached hydrogen (secondary N) is 2. The third-order valence-electron chi connectivity index (χ3n) is 4.55. The van der Waals surface area contributed by atoms with Crippen molar-refractivity contribution in [1.29, 1.82) is 0 Å². The standard InChI is InChI=1S/C13H14N4O9S2/c14-15-13(20)16-17-11(18)8-3-6(27(21,22)23)1-5-2-7(28(24,25)26)4-9(10(5)8)12(17)19/h1,3,7,9H,2,4,14H2,(H2,15,16,20)(H,21,22,23)(H,24,25,26). The highest BCUT2D eigenvalue weighted by Gasteiger charge is 2.47. The molecule has 4 amide bonds. The van der Waals surface area contributed by atoms with Crippen molar-refractivity contribution in [1.82, 2.24) is 15.9 Å². The molecule has 6 N–H and O–H groups in total. The fourth-order valence-electron chi connectivity index (χ4n) is 3.37. The van der Waals surface area contributed by atoms with E-state index in [-0.39, 0.29) is 28.1 Å². The molecule has 2 unspecified atom stereocenters. The van der Waals surface area contributed by atoms with E-state index in [1.54, 1.807) is 5.43 Å². The molecule has 0 saturated heterocycles. The van der Waals surface area contributed by atoms with Crippen LogP contribution in [0.4, 0.5) is 4.79 Å². The lowest BCUT2D eigenvalue weighted by molar-refractivity contribution is -0.133.